The van der Waals surface area contributed by atoms with Crippen molar-refractivity contribution in [3.63, 3.8) is 0 Å². The molecule has 3 fully saturated rings. The molecule has 4 heterocycles. The summed E-state index contributed by atoms with van der Waals surface area (Å²) in [5.41, 5.74) is 2.13. The van der Waals surface area contributed by atoms with Crippen LogP contribution in [0.15, 0.2) is 72.9 Å². The lowest BCUT2D eigenvalue weighted by Gasteiger charge is -2.38. The average molecular weight is 539 g/mol. The first kappa shape index (κ1) is 26.8. The summed E-state index contributed by atoms with van der Waals surface area (Å²) in [4.78, 5) is 30.4. The van der Waals surface area contributed by atoms with Crippen molar-refractivity contribution in [2.45, 2.75) is 62.9 Å². The fourth-order valence-electron chi connectivity index (χ4n) is 6.72. The molecule has 3 aliphatic rings. The number of hydrogen-bond acceptors (Lipinski definition) is 6. The Bertz CT molecular complexity index is 1180. The molecule has 6 rings (SSSR count). The summed E-state index contributed by atoms with van der Waals surface area (Å²) in [6.07, 6.45) is 10.2. The van der Waals surface area contributed by atoms with Gasteiger partial charge in [0.2, 0.25) is 11.9 Å². The van der Waals surface area contributed by atoms with Gasteiger partial charge >= 0.3 is 0 Å². The Kier molecular flexibility index (Phi) is 8.57. The molecule has 3 saturated heterocycles. The van der Waals surface area contributed by atoms with Crippen molar-refractivity contribution in [2.75, 3.05) is 49.5 Å². The lowest BCUT2D eigenvalue weighted by molar-refractivity contribution is -0.133. The number of likely N-dealkylation sites (tertiary alicyclic amines) is 2. The van der Waals surface area contributed by atoms with E-state index in [-0.39, 0.29) is 11.8 Å². The van der Waals surface area contributed by atoms with Gasteiger partial charge in [-0.2, -0.15) is 4.98 Å². The molecule has 0 radical (unpaired) electrons. The number of rotatable bonds is 7. The van der Waals surface area contributed by atoms with Crippen LogP contribution in [0.2, 0.25) is 0 Å². The van der Waals surface area contributed by atoms with Crippen molar-refractivity contribution >= 4 is 17.7 Å². The summed E-state index contributed by atoms with van der Waals surface area (Å²) in [5.74, 6) is 1.78. The number of anilines is 2. The fraction of sp³-hybridized carbons (Fsp3) is 0.485. The summed E-state index contributed by atoms with van der Waals surface area (Å²) >= 11 is 0. The highest BCUT2D eigenvalue weighted by Crippen LogP contribution is 2.30. The van der Waals surface area contributed by atoms with Gasteiger partial charge in [-0.15, -0.1) is 0 Å². The Hall–Kier alpha value is -3.45. The van der Waals surface area contributed by atoms with E-state index in [4.69, 9.17) is 4.98 Å². The minimum absolute atomic E-state index is 0.221. The second kappa shape index (κ2) is 12.8. The third kappa shape index (κ3) is 6.30. The van der Waals surface area contributed by atoms with Crippen LogP contribution >= 0.6 is 0 Å². The maximum Gasteiger partial charge on any atom is 0.234 e. The zero-order valence-electron chi connectivity index (χ0n) is 23.5. The van der Waals surface area contributed by atoms with Gasteiger partial charge in [0.1, 0.15) is 5.82 Å². The molecule has 0 saturated carbocycles. The van der Waals surface area contributed by atoms with Gasteiger partial charge in [-0.3, -0.25) is 9.69 Å². The molecule has 1 amide bonds. The third-order valence-corrected chi connectivity index (χ3v) is 8.93. The summed E-state index contributed by atoms with van der Waals surface area (Å²) in [6.45, 7) is 5.90. The molecule has 1 aromatic heterocycles. The third-order valence-electron chi connectivity index (χ3n) is 8.93. The van der Waals surface area contributed by atoms with Crippen molar-refractivity contribution < 1.29 is 4.79 Å². The number of amides is 1. The molecule has 210 valence electrons. The van der Waals surface area contributed by atoms with Crippen molar-refractivity contribution in [3.05, 3.63) is 84.1 Å². The van der Waals surface area contributed by atoms with Crippen molar-refractivity contribution in [2.24, 2.45) is 0 Å². The molecule has 1 atom stereocenters. The van der Waals surface area contributed by atoms with Gasteiger partial charge in [-0.25, -0.2) is 4.98 Å². The lowest BCUT2D eigenvalue weighted by Crippen LogP contribution is -2.47. The van der Waals surface area contributed by atoms with E-state index in [9.17, 15) is 4.79 Å². The molecular formula is C33H42N6O. The highest BCUT2D eigenvalue weighted by molar-refractivity contribution is 5.87. The Morgan fingerprint density at radius 2 is 1.43 bits per heavy atom. The Labute approximate surface area is 238 Å². The Morgan fingerprint density at radius 1 is 0.775 bits per heavy atom. The highest BCUT2D eigenvalue weighted by Gasteiger charge is 2.34. The minimum atomic E-state index is -0.246. The number of nitrogens with one attached hydrogen (secondary N) is 1. The predicted octanol–water partition coefficient (Wildman–Crippen LogP) is 5.17. The van der Waals surface area contributed by atoms with Gasteiger partial charge < -0.3 is 15.1 Å². The zero-order valence-corrected chi connectivity index (χ0v) is 23.5. The molecule has 40 heavy (non-hydrogen) atoms. The van der Waals surface area contributed by atoms with E-state index in [1.165, 1.54) is 25.7 Å². The number of carbonyl (C=O) groups is 1. The number of carbonyl (C=O) groups excluding carboxylic acids is 1. The smallest absolute Gasteiger partial charge is 0.234 e. The minimum Gasteiger partial charge on any atom is -0.356 e. The van der Waals surface area contributed by atoms with Crippen LogP contribution in [0.3, 0.4) is 0 Å². The van der Waals surface area contributed by atoms with Crippen LogP contribution in [-0.2, 0) is 4.79 Å². The van der Waals surface area contributed by atoms with Crippen LogP contribution in [0.4, 0.5) is 11.8 Å². The van der Waals surface area contributed by atoms with E-state index in [1.54, 1.807) is 0 Å². The largest absolute Gasteiger partial charge is 0.356 e. The molecule has 7 heteroatoms. The van der Waals surface area contributed by atoms with Crippen molar-refractivity contribution in [1.82, 2.24) is 19.8 Å². The number of nitrogens with zero attached hydrogens (tertiary/aromatic N) is 5. The maximum atomic E-state index is 13.8. The van der Waals surface area contributed by atoms with Gasteiger partial charge in [-0.05, 0) is 49.3 Å². The summed E-state index contributed by atoms with van der Waals surface area (Å²) in [5, 5.41) is 3.63. The lowest BCUT2D eigenvalue weighted by atomic mass is 9.89. The van der Waals surface area contributed by atoms with E-state index < -0.39 is 0 Å². The maximum absolute atomic E-state index is 13.8. The van der Waals surface area contributed by atoms with Gasteiger partial charge in [0, 0.05) is 57.5 Å². The summed E-state index contributed by atoms with van der Waals surface area (Å²) in [6, 6.07) is 23.4. The molecule has 2 aromatic carbocycles. The molecule has 1 N–H and O–H groups in total. The summed E-state index contributed by atoms with van der Waals surface area (Å²) < 4.78 is 0. The van der Waals surface area contributed by atoms with Crippen LogP contribution < -0.4 is 10.2 Å². The molecule has 0 bridgehead atoms. The van der Waals surface area contributed by atoms with Gasteiger partial charge in [0.05, 0.1) is 5.92 Å². The zero-order chi connectivity index (χ0) is 27.1. The Balaban J connectivity index is 1.03. The standard InChI is InChI=1S/C33H42N6O/c40-32(31(26-11-5-3-6-12-26)27-13-7-4-8-14-27)38-23-17-29(18-24-38)39-22-16-28(25-39)35-33-34-19-15-30(36-33)37-20-9-1-2-10-21-37/h3-8,11-15,19,28-29,31H,1-2,9-10,16-18,20-25H2,(H,34,35,36). The van der Waals surface area contributed by atoms with Gasteiger partial charge in [0.25, 0.3) is 0 Å². The van der Waals surface area contributed by atoms with E-state index in [0.717, 1.165) is 81.4 Å². The second-order valence-electron chi connectivity index (χ2n) is 11.6. The number of hydrogen-bond donors (Lipinski definition) is 1. The molecule has 0 aliphatic carbocycles. The van der Waals surface area contributed by atoms with Crippen LogP contribution in [0, 0.1) is 0 Å². The molecule has 7 nitrogen and oxygen atoms in total. The highest BCUT2D eigenvalue weighted by atomic mass is 16.2. The normalized spacial score (nSPS) is 21.0. The van der Waals surface area contributed by atoms with Gasteiger partial charge in [0.15, 0.2) is 0 Å². The van der Waals surface area contributed by atoms with E-state index >= 15 is 0 Å². The average Bonchev–Trinajstić information content (AvgIpc) is 3.30. The van der Waals surface area contributed by atoms with E-state index in [0.29, 0.717) is 12.1 Å². The fourth-order valence-corrected chi connectivity index (χ4v) is 6.72. The number of aromatic nitrogens is 2. The quantitative estimate of drug-likeness (QED) is 0.448. The second-order valence-corrected chi connectivity index (χ2v) is 11.6. The molecular weight excluding hydrogens is 496 g/mol. The predicted molar refractivity (Wildman–Crippen MR) is 161 cm³/mol. The van der Waals surface area contributed by atoms with Crippen LogP contribution in [0.25, 0.3) is 0 Å². The molecule has 1 unspecified atom stereocenters. The van der Waals surface area contributed by atoms with Crippen LogP contribution in [0.1, 0.15) is 62.0 Å². The topological polar surface area (TPSA) is 64.6 Å². The molecule has 3 aromatic rings. The Morgan fingerprint density at radius 3 is 2.08 bits per heavy atom. The monoisotopic (exact) mass is 538 g/mol. The van der Waals surface area contributed by atoms with Crippen molar-refractivity contribution in [1.29, 1.82) is 0 Å². The number of piperidine rings is 1. The molecule has 3 aliphatic heterocycles. The first-order valence-electron chi connectivity index (χ1n) is 15.2. The van der Waals surface area contributed by atoms with Crippen LogP contribution in [0.5, 0.6) is 0 Å². The van der Waals surface area contributed by atoms with Crippen LogP contribution in [-0.4, -0.2) is 77.0 Å². The van der Waals surface area contributed by atoms with E-state index in [1.807, 2.05) is 48.7 Å². The molecule has 0 spiro atoms. The SMILES string of the molecule is O=C(C(c1ccccc1)c1ccccc1)N1CCC(N2CCC(Nc3nccc(N4CCCCCC4)n3)C2)CC1. The summed E-state index contributed by atoms with van der Waals surface area (Å²) in [7, 11) is 0. The first-order chi connectivity index (χ1) is 19.7. The van der Waals surface area contributed by atoms with Gasteiger partial charge in [-0.1, -0.05) is 73.5 Å². The van der Waals surface area contributed by atoms with Crippen molar-refractivity contribution in [3.8, 4) is 0 Å². The number of benzene rings is 2. The first-order valence-corrected chi connectivity index (χ1v) is 15.2. The van der Waals surface area contributed by atoms with E-state index in [2.05, 4.69) is 49.3 Å².